The normalized spacial score (nSPS) is 15.8. The van der Waals surface area contributed by atoms with E-state index in [0.717, 1.165) is 18.4 Å². The third-order valence-corrected chi connectivity index (χ3v) is 3.49. The van der Waals surface area contributed by atoms with Crippen LogP contribution in [0, 0.1) is 0 Å². The summed E-state index contributed by atoms with van der Waals surface area (Å²) >= 11 is 0. The van der Waals surface area contributed by atoms with E-state index < -0.39 is 0 Å². The van der Waals surface area contributed by atoms with Gasteiger partial charge in [0.1, 0.15) is 0 Å². The van der Waals surface area contributed by atoms with Crippen molar-refractivity contribution in [3.8, 4) is 0 Å². The highest BCUT2D eigenvalue weighted by atomic mass is 16.5. The van der Waals surface area contributed by atoms with Gasteiger partial charge in [-0.25, -0.2) is 0 Å². The van der Waals surface area contributed by atoms with Gasteiger partial charge >= 0.3 is 5.97 Å². The smallest absolute Gasteiger partial charge is 0.307 e. The van der Waals surface area contributed by atoms with Crippen molar-refractivity contribution in [1.29, 1.82) is 0 Å². The number of carbonyl (C=O) groups is 2. The number of nitrogens with one attached hydrogen (secondary N) is 1. The van der Waals surface area contributed by atoms with Gasteiger partial charge < -0.3 is 10.1 Å². The molecule has 20 heavy (non-hydrogen) atoms. The number of amides is 1. The van der Waals surface area contributed by atoms with E-state index in [9.17, 15) is 9.59 Å². The summed E-state index contributed by atoms with van der Waals surface area (Å²) in [6, 6.07) is 9.81. The Morgan fingerprint density at radius 3 is 2.45 bits per heavy atom. The van der Waals surface area contributed by atoms with Gasteiger partial charge in [0.15, 0.2) is 0 Å². The van der Waals surface area contributed by atoms with E-state index in [4.69, 9.17) is 4.74 Å². The van der Waals surface area contributed by atoms with Crippen LogP contribution in [-0.2, 0) is 19.7 Å². The second-order valence-electron chi connectivity index (χ2n) is 5.49. The number of benzene rings is 1. The quantitative estimate of drug-likeness (QED) is 0.810. The number of rotatable bonds is 6. The van der Waals surface area contributed by atoms with Gasteiger partial charge in [0, 0.05) is 6.54 Å². The zero-order valence-corrected chi connectivity index (χ0v) is 12.0. The molecule has 1 N–H and O–H groups in total. The maximum Gasteiger partial charge on any atom is 0.307 e. The Hall–Kier alpha value is -1.84. The van der Waals surface area contributed by atoms with Gasteiger partial charge in [-0.15, -0.1) is 0 Å². The average molecular weight is 275 g/mol. The van der Waals surface area contributed by atoms with Crippen LogP contribution in [0.5, 0.6) is 0 Å². The Labute approximate surface area is 119 Å². The minimum atomic E-state index is -0.372. The lowest BCUT2D eigenvalue weighted by Gasteiger charge is -2.15. The van der Waals surface area contributed by atoms with Crippen LogP contribution in [0.2, 0.25) is 0 Å². The Balaban J connectivity index is 1.83. The van der Waals surface area contributed by atoms with E-state index in [1.807, 2.05) is 44.2 Å². The van der Waals surface area contributed by atoms with E-state index in [1.54, 1.807) is 0 Å². The van der Waals surface area contributed by atoms with Crippen molar-refractivity contribution in [2.24, 2.45) is 0 Å². The van der Waals surface area contributed by atoms with Gasteiger partial charge in [-0.2, -0.15) is 0 Å². The first-order valence-electron chi connectivity index (χ1n) is 7.08. The lowest BCUT2D eigenvalue weighted by Crippen LogP contribution is -2.36. The first-order chi connectivity index (χ1) is 9.54. The molecular formula is C16H21NO3. The molecule has 1 aromatic carbocycles. The zero-order chi connectivity index (χ0) is 14.6. The third-order valence-electron chi connectivity index (χ3n) is 3.49. The second-order valence-corrected chi connectivity index (χ2v) is 5.49. The molecule has 1 fully saturated rings. The molecular weight excluding hydrogens is 254 g/mol. The number of hydrogen-bond acceptors (Lipinski definition) is 3. The Morgan fingerprint density at radius 2 is 1.90 bits per heavy atom. The van der Waals surface area contributed by atoms with Crippen LogP contribution in [0.15, 0.2) is 30.3 Å². The Morgan fingerprint density at radius 1 is 1.25 bits per heavy atom. The van der Waals surface area contributed by atoms with E-state index in [-0.39, 0.29) is 29.8 Å². The van der Waals surface area contributed by atoms with Gasteiger partial charge in [0.05, 0.1) is 17.9 Å². The first kappa shape index (κ1) is 14.6. The molecule has 0 aliphatic heterocycles. The summed E-state index contributed by atoms with van der Waals surface area (Å²) in [5.41, 5.74) is 0.686. The molecule has 4 heteroatoms. The number of esters is 1. The number of hydrogen-bond donors (Lipinski definition) is 1. The first-order valence-corrected chi connectivity index (χ1v) is 7.08. The predicted molar refractivity (Wildman–Crippen MR) is 76.2 cm³/mol. The van der Waals surface area contributed by atoms with Gasteiger partial charge in [-0.3, -0.25) is 9.59 Å². The van der Waals surface area contributed by atoms with Crippen molar-refractivity contribution in [3.05, 3.63) is 35.9 Å². The zero-order valence-electron chi connectivity index (χ0n) is 12.0. The van der Waals surface area contributed by atoms with Gasteiger partial charge in [0.25, 0.3) is 0 Å². The highest BCUT2D eigenvalue weighted by molar-refractivity contribution is 5.91. The standard InChI is InChI=1S/C16H21NO3/c1-12(2)20-14(18)8-11-17-15(19)16(9-10-16)13-6-4-3-5-7-13/h3-7,12H,8-11H2,1-2H3,(H,17,19). The predicted octanol–water partition coefficient (Wildman–Crippen LogP) is 2.18. The highest BCUT2D eigenvalue weighted by Gasteiger charge is 2.50. The van der Waals surface area contributed by atoms with Crippen LogP contribution in [-0.4, -0.2) is 24.5 Å². The van der Waals surface area contributed by atoms with Crippen LogP contribution in [0.1, 0.15) is 38.7 Å². The summed E-state index contributed by atoms with van der Waals surface area (Å²) in [7, 11) is 0. The maximum atomic E-state index is 12.3. The molecule has 1 amide bonds. The van der Waals surface area contributed by atoms with Crippen molar-refractivity contribution in [3.63, 3.8) is 0 Å². The van der Waals surface area contributed by atoms with Crippen LogP contribution in [0.3, 0.4) is 0 Å². The summed E-state index contributed by atoms with van der Waals surface area (Å²) in [6.45, 7) is 3.95. The molecule has 1 aromatic rings. The van der Waals surface area contributed by atoms with Crippen molar-refractivity contribution >= 4 is 11.9 Å². The van der Waals surface area contributed by atoms with Crippen LogP contribution in [0.25, 0.3) is 0 Å². The van der Waals surface area contributed by atoms with Crippen molar-refractivity contribution in [2.75, 3.05) is 6.54 Å². The number of ether oxygens (including phenoxy) is 1. The molecule has 108 valence electrons. The lowest BCUT2D eigenvalue weighted by atomic mass is 9.95. The topological polar surface area (TPSA) is 55.4 Å². The molecule has 0 saturated heterocycles. The monoisotopic (exact) mass is 275 g/mol. The molecule has 0 unspecified atom stereocenters. The number of carbonyl (C=O) groups excluding carboxylic acids is 2. The highest BCUT2D eigenvalue weighted by Crippen LogP contribution is 2.48. The van der Waals surface area contributed by atoms with Gasteiger partial charge in [-0.05, 0) is 32.3 Å². The summed E-state index contributed by atoms with van der Waals surface area (Å²) in [5, 5.41) is 2.85. The summed E-state index contributed by atoms with van der Waals surface area (Å²) in [5.74, 6) is -0.258. The molecule has 0 atom stereocenters. The summed E-state index contributed by atoms with van der Waals surface area (Å²) in [4.78, 5) is 23.7. The third kappa shape index (κ3) is 3.38. The summed E-state index contributed by atoms with van der Waals surface area (Å²) < 4.78 is 5.03. The summed E-state index contributed by atoms with van der Waals surface area (Å²) in [6.07, 6.45) is 1.85. The van der Waals surface area contributed by atoms with E-state index in [0.29, 0.717) is 6.54 Å². The fraction of sp³-hybridized carbons (Fsp3) is 0.500. The Bertz CT molecular complexity index is 478. The average Bonchev–Trinajstić information content (AvgIpc) is 3.20. The molecule has 1 saturated carbocycles. The molecule has 0 heterocycles. The molecule has 4 nitrogen and oxygen atoms in total. The molecule has 0 radical (unpaired) electrons. The van der Waals surface area contributed by atoms with E-state index >= 15 is 0 Å². The SMILES string of the molecule is CC(C)OC(=O)CCNC(=O)C1(c2ccccc2)CC1. The van der Waals surface area contributed by atoms with Crippen molar-refractivity contribution in [2.45, 2.75) is 44.6 Å². The van der Waals surface area contributed by atoms with E-state index in [2.05, 4.69) is 5.32 Å². The van der Waals surface area contributed by atoms with E-state index in [1.165, 1.54) is 0 Å². The maximum absolute atomic E-state index is 12.3. The lowest BCUT2D eigenvalue weighted by molar-refractivity contribution is -0.147. The molecule has 2 rings (SSSR count). The second kappa shape index (κ2) is 6.07. The molecule has 1 aliphatic rings. The van der Waals surface area contributed by atoms with Gasteiger partial charge in [-0.1, -0.05) is 30.3 Å². The van der Waals surface area contributed by atoms with Crippen LogP contribution < -0.4 is 5.32 Å². The fourth-order valence-electron chi connectivity index (χ4n) is 2.30. The minimum absolute atomic E-state index is 0.0149. The fourth-order valence-corrected chi connectivity index (χ4v) is 2.30. The largest absolute Gasteiger partial charge is 0.463 e. The Kier molecular flexibility index (Phi) is 4.42. The molecule has 0 bridgehead atoms. The van der Waals surface area contributed by atoms with Crippen LogP contribution >= 0.6 is 0 Å². The van der Waals surface area contributed by atoms with Crippen molar-refractivity contribution < 1.29 is 14.3 Å². The van der Waals surface area contributed by atoms with Crippen LogP contribution in [0.4, 0.5) is 0 Å². The minimum Gasteiger partial charge on any atom is -0.463 e. The molecule has 0 aromatic heterocycles. The molecule has 0 spiro atoms. The van der Waals surface area contributed by atoms with Crippen molar-refractivity contribution in [1.82, 2.24) is 5.32 Å². The molecule has 1 aliphatic carbocycles. The van der Waals surface area contributed by atoms with Gasteiger partial charge in [0.2, 0.25) is 5.91 Å².